The third-order valence-corrected chi connectivity index (χ3v) is 3.53. The molecule has 1 fully saturated rings. The van der Waals surface area contributed by atoms with Crippen LogP contribution in [0.4, 0.5) is 0 Å². The molecule has 0 spiro atoms. The number of nitrogens with one attached hydrogen (secondary N) is 1. The lowest BCUT2D eigenvalue weighted by Gasteiger charge is -2.14. The van der Waals surface area contributed by atoms with Crippen LogP contribution in [0, 0.1) is 0 Å². The van der Waals surface area contributed by atoms with Crippen LogP contribution < -0.4 is 5.32 Å². The molecule has 1 aliphatic rings. The highest BCUT2D eigenvalue weighted by atomic mass is 15.3. The normalized spacial score (nSPS) is 16.8. The van der Waals surface area contributed by atoms with Crippen LogP contribution in [0.1, 0.15) is 44.8 Å². The molecule has 0 atom stereocenters. The van der Waals surface area contributed by atoms with Crippen LogP contribution >= 0.6 is 0 Å². The van der Waals surface area contributed by atoms with Crippen LogP contribution in [0.15, 0.2) is 12.3 Å². The topological polar surface area (TPSA) is 33.1 Å². The highest BCUT2D eigenvalue weighted by Gasteiger charge is 2.09. The predicted molar refractivity (Wildman–Crippen MR) is 74.6 cm³/mol. The van der Waals surface area contributed by atoms with Crippen LogP contribution in [0.3, 0.4) is 0 Å². The van der Waals surface area contributed by atoms with Gasteiger partial charge in [-0.05, 0) is 65.4 Å². The third-order valence-electron chi connectivity index (χ3n) is 3.53. The summed E-state index contributed by atoms with van der Waals surface area (Å²) >= 11 is 0. The largest absolute Gasteiger partial charge is 0.311 e. The summed E-state index contributed by atoms with van der Waals surface area (Å²) in [6.07, 6.45) is 6.08. The summed E-state index contributed by atoms with van der Waals surface area (Å²) in [7, 11) is 0. The molecule has 1 aromatic rings. The van der Waals surface area contributed by atoms with E-state index < -0.39 is 0 Å². The minimum Gasteiger partial charge on any atom is -0.311 e. The van der Waals surface area contributed by atoms with E-state index in [9.17, 15) is 0 Å². The van der Waals surface area contributed by atoms with Crippen LogP contribution in [-0.2, 0) is 6.54 Å². The third kappa shape index (κ3) is 4.10. The highest BCUT2D eigenvalue weighted by Crippen LogP contribution is 2.07. The van der Waals surface area contributed by atoms with Crippen molar-refractivity contribution in [2.45, 2.75) is 45.7 Å². The Kier molecular flexibility index (Phi) is 5.20. The minimum absolute atomic E-state index is 0.453. The Morgan fingerprint density at radius 3 is 2.78 bits per heavy atom. The van der Waals surface area contributed by atoms with Crippen molar-refractivity contribution in [3.8, 4) is 0 Å². The molecule has 1 aromatic heterocycles. The second kappa shape index (κ2) is 6.90. The van der Waals surface area contributed by atoms with Crippen molar-refractivity contribution >= 4 is 0 Å². The molecule has 4 nitrogen and oxygen atoms in total. The zero-order valence-electron chi connectivity index (χ0n) is 11.7. The van der Waals surface area contributed by atoms with Crippen molar-refractivity contribution in [1.82, 2.24) is 20.0 Å². The molecule has 1 aliphatic heterocycles. The van der Waals surface area contributed by atoms with Crippen LogP contribution in [0.25, 0.3) is 0 Å². The Balaban J connectivity index is 1.56. The standard InChI is InChI=1S/C14H26N4/c1-13(2)18-11-6-14(16-18)12-15-7-5-10-17-8-3-4-9-17/h6,11,13,15H,3-5,7-10,12H2,1-2H3. The molecule has 1 N–H and O–H groups in total. The molecule has 0 radical (unpaired) electrons. The number of rotatable bonds is 7. The summed E-state index contributed by atoms with van der Waals surface area (Å²) in [5.41, 5.74) is 1.14. The monoisotopic (exact) mass is 250 g/mol. The fraction of sp³-hybridized carbons (Fsp3) is 0.786. The molecular formula is C14H26N4. The minimum atomic E-state index is 0.453. The molecule has 102 valence electrons. The molecule has 2 heterocycles. The zero-order valence-corrected chi connectivity index (χ0v) is 11.7. The second-order valence-corrected chi connectivity index (χ2v) is 5.46. The molecule has 0 unspecified atom stereocenters. The summed E-state index contributed by atoms with van der Waals surface area (Å²) in [5, 5.41) is 8.00. The van der Waals surface area contributed by atoms with Crippen molar-refractivity contribution in [2.75, 3.05) is 26.2 Å². The Bertz CT molecular complexity index is 339. The molecule has 0 aliphatic carbocycles. The van der Waals surface area contributed by atoms with Gasteiger partial charge < -0.3 is 10.2 Å². The Morgan fingerprint density at radius 2 is 2.11 bits per heavy atom. The fourth-order valence-corrected chi connectivity index (χ4v) is 2.41. The second-order valence-electron chi connectivity index (χ2n) is 5.46. The van der Waals surface area contributed by atoms with E-state index in [0.29, 0.717) is 6.04 Å². The van der Waals surface area contributed by atoms with Gasteiger partial charge >= 0.3 is 0 Å². The number of hydrogen-bond acceptors (Lipinski definition) is 3. The Morgan fingerprint density at radius 1 is 1.33 bits per heavy atom. The lowest BCUT2D eigenvalue weighted by atomic mass is 10.3. The average molecular weight is 250 g/mol. The molecule has 18 heavy (non-hydrogen) atoms. The van der Waals surface area contributed by atoms with Crippen molar-refractivity contribution < 1.29 is 0 Å². The highest BCUT2D eigenvalue weighted by molar-refractivity contribution is 4.98. The molecule has 0 saturated carbocycles. The van der Waals surface area contributed by atoms with Gasteiger partial charge in [0.1, 0.15) is 0 Å². The van der Waals surface area contributed by atoms with Gasteiger partial charge in [-0.2, -0.15) is 5.10 Å². The maximum absolute atomic E-state index is 4.53. The number of hydrogen-bond donors (Lipinski definition) is 1. The first-order chi connectivity index (χ1) is 8.75. The molecule has 0 amide bonds. The van der Waals surface area contributed by atoms with Gasteiger partial charge in [-0.1, -0.05) is 0 Å². The van der Waals surface area contributed by atoms with Gasteiger partial charge in [-0.25, -0.2) is 0 Å². The summed E-state index contributed by atoms with van der Waals surface area (Å²) in [6, 6.07) is 2.56. The van der Waals surface area contributed by atoms with Crippen molar-refractivity contribution in [3.63, 3.8) is 0 Å². The van der Waals surface area contributed by atoms with Gasteiger partial charge in [0.2, 0.25) is 0 Å². The first-order valence-corrected chi connectivity index (χ1v) is 7.23. The smallest absolute Gasteiger partial charge is 0.0762 e. The van der Waals surface area contributed by atoms with E-state index in [1.54, 1.807) is 0 Å². The number of likely N-dealkylation sites (tertiary alicyclic amines) is 1. The van der Waals surface area contributed by atoms with Crippen molar-refractivity contribution in [3.05, 3.63) is 18.0 Å². The van der Waals surface area contributed by atoms with Gasteiger partial charge in [0, 0.05) is 18.8 Å². The summed E-state index contributed by atoms with van der Waals surface area (Å²) in [5.74, 6) is 0. The Labute approximate surface area is 110 Å². The lowest BCUT2D eigenvalue weighted by Crippen LogP contribution is -2.24. The summed E-state index contributed by atoms with van der Waals surface area (Å²) in [6.45, 7) is 10.1. The predicted octanol–water partition coefficient (Wildman–Crippen LogP) is 2.04. The Hall–Kier alpha value is -0.870. The molecule has 2 rings (SSSR count). The quantitative estimate of drug-likeness (QED) is 0.752. The van der Waals surface area contributed by atoms with E-state index >= 15 is 0 Å². The van der Waals surface area contributed by atoms with Crippen LogP contribution in [0.2, 0.25) is 0 Å². The molecule has 0 aromatic carbocycles. The SMILES string of the molecule is CC(C)n1ccc(CNCCCN2CCCC2)n1. The number of aromatic nitrogens is 2. The first kappa shape index (κ1) is 13.6. The van der Waals surface area contributed by atoms with E-state index in [0.717, 1.165) is 18.8 Å². The van der Waals surface area contributed by atoms with Crippen LogP contribution in [0.5, 0.6) is 0 Å². The van der Waals surface area contributed by atoms with Gasteiger partial charge in [0.15, 0.2) is 0 Å². The molecule has 1 saturated heterocycles. The molecule has 0 bridgehead atoms. The van der Waals surface area contributed by atoms with E-state index in [2.05, 4.69) is 41.4 Å². The zero-order chi connectivity index (χ0) is 12.8. The van der Waals surface area contributed by atoms with Crippen LogP contribution in [-0.4, -0.2) is 40.9 Å². The van der Waals surface area contributed by atoms with Gasteiger partial charge in [0.05, 0.1) is 5.69 Å². The average Bonchev–Trinajstić information content (AvgIpc) is 2.98. The van der Waals surface area contributed by atoms with Gasteiger partial charge in [0.25, 0.3) is 0 Å². The molecular weight excluding hydrogens is 224 g/mol. The van der Waals surface area contributed by atoms with Crippen molar-refractivity contribution in [2.24, 2.45) is 0 Å². The number of nitrogens with zero attached hydrogens (tertiary/aromatic N) is 3. The van der Waals surface area contributed by atoms with E-state index in [-0.39, 0.29) is 0 Å². The first-order valence-electron chi connectivity index (χ1n) is 7.23. The lowest BCUT2D eigenvalue weighted by molar-refractivity contribution is 0.331. The molecule has 4 heteroatoms. The van der Waals surface area contributed by atoms with E-state index in [1.807, 2.05) is 4.68 Å². The van der Waals surface area contributed by atoms with E-state index in [4.69, 9.17) is 0 Å². The van der Waals surface area contributed by atoms with Gasteiger partial charge in [-0.15, -0.1) is 0 Å². The summed E-state index contributed by atoms with van der Waals surface area (Å²) < 4.78 is 2.02. The van der Waals surface area contributed by atoms with E-state index in [1.165, 1.54) is 38.9 Å². The van der Waals surface area contributed by atoms with Crippen molar-refractivity contribution in [1.29, 1.82) is 0 Å². The van der Waals surface area contributed by atoms with Gasteiger partial charge in [-0.3, -0.25) is 4.68 Å². The summed E-state index contributed by atoms with van der Waals surface area (Å²) in [4.78, 5) is 2.56. The maximum Gasteiger partial charge on any atom is 0.0762 e. The maximum atomic E-state index is 4.53. The fourth-order valence-electron chi connectivity index (χ4n) is 2.41.